The Morgan fingerprint density at radius 1 is 1.16 bits per heavy atom. The minimum absolute atomic E-state index is 0.0126. The number of hydrogen-bond acceptors (Lipinski definition) is 5. The lowest BCUT2D eigenvalue weighted by Gasteiger charge is -2.37. The van der Waals surface area contributed by atoms with E-state index in [9.17, 15) is 10.1 Å². The monoisotopic (exact) mass is 487 g/mol. The van der Waals surface area contributed by atoms with Crippen molar-refractivity contribution in [2.45, 2.75) is 31.8 Å². The third-order valence-corrected chi connectivity index (χ3v) is 6.63. The van der Waals surface area contributed by atoms with Gasteiger partial charge in [-0.15, -0.1) is 0 Å². The molecule has 0 aromatic heterocycles. The third-order valence-electron chi connectivity index (χ3n) is 5.82. The van der Waals surface area contributed by atoms with Gasteiger partial charge in [0.25, 0.3) is 0 Å². The summed E-state index contributed by atoms with van der Waals surface area (Å²) < 4.78 is 5.86. The van der Waals surface area contributed by atoms with Crippen LogP contribution in [0.1, 0.15) is 36.3 Å². The number of ether oxygens (including phenoxy) is 1. The normalized spacial score (nSPS) is 18.5. The van der Waals surface area contributed by atoms with Gasteiger partial charge < -0.3 is 15.4 Å². The number of nitriles is 1. The van der Waals surface area contributed by atoms with Gasteiger partial charge in [-0.2, -0.15) is 5.26 Å². The summed E-state index contributed by atoms with van der Waals surface area (Å²) in [5.74, 6) is 0.0684. The molecule has 32 heavy (non-hydrogen) atoms. The fourth-order valence-corrected chi connectivity index (χ4v) is 4.96. The quantitative estimate of drug-likeness (QED) is 0.575. The molecule has 1 aliphatic carbocycles. The van der Waals surface area contributed by atoms with Gasteiger partial charge in [-0.05, 0) is 48.2 Å². The highest BCUT2D eigenvalue weighted by molar-refractivity contribution is 6.37. The number of nitrogens with two attached hydrogens (primary N) is 1. The largest absolute Gasteiger partial charge is 0.486 e. The van der Waals surface area contributed by atoms with Crippen LogP contribution < -0.4 is 10.5 Å². The molecule has 0 spiro atoms. The van der Waals surface area contributed by atoms with Gasteiger partial charge in [-0.1, -0.05) is 46.9 Å². The number of allylic oxidation sites excluding steroid dienone is 3. The molecule has 2 aliphatic rings. The molecule has 0 radical (unpaired) electrons. The maximum Gasteiger partial charge on any atom is 0.161 e. The number of benzene rings is 2. The molecule has 2 aromatic rings. The molecule has 8 heteroatoms. The fraction of sp³-hybridized carbons (Fsp3) is 0.250. The molecule has 0 fully saturated rings. The molecule has 2 aromatic carbocycles. The van der Waals surface area contributed by atoms with Crippen LogP contribution in [-0.2, 0) is 11.4 Å². The lowest BCUT2D eigenvalue weighted by Crippen LogP contribution is -2.36. The van der Waals surface area contributed by atoms with Gasteiger partial charge >= 0.3 is 0 Å². The molecule has 0 unspecified atom stereocenters. The van der Waals surface area contributed by atoms with Crippen molar-refractivity contribution < 1.29 is 9.53 Å². The van der Waals surface area contributed by atoms with Crippen LogP contribution >= 0.6 is 34.8 Å². The third kappa shape index (κ3) is 4.06. The van der Waals surface area contributed by atoms with Gasteiger partial charge in [0.2, 0.25) is 0 Å². The predicted octanol–water partition coefficient (Wildman–Crippen LogP) is 5.96. The number of carbonyl (C=O) groups excluding carboxylic acids is 1. The van der Waals surface area contributed by atoms with Gasteiger partial charge in [-0.25, -0.2) is 0 Å². The lowest BCUT2D eigenvalue weighted by molar-refractivity contribution is -0.116. The van der Waals surface area contributed by atoms with Crippen molar-refractivity contribution in [2.75, 3.05) is 7.05 Å². The van der Waals surface area contributed by atoms with E-state index < -0.39 is 5.92 Å². The molecule has 0 saturated heterocycles. The molecule has 1 aliphatic heterocycles. The molecule has 2 N–H and O–H groups in total. The second-order valence-electron chi connectivity index (χ2n) is 7.77. The molecule has 1 heterocycles. The number of Topliss-reactive ketones (excluding diaryl/α,β-unsaturated/α-hetero) is 1. The number of ketones is 1. The minimum Gasteiger partial charge on any atom is -0.486 e. The molecule has 5 nitrogen and oxygen atoms in total. The molecule has 1 atom stereocenters. The van der Waals surface area contributed by atoms with Gasteiger partial charge in [-0.3, -0.25) is 4.79 Å². The van der Waals surface area contributed by atoms with Crippen LogP contribution in [-0.4, -0.2) is 17.7 Å². The second-order valence-corrected chi connectivity index (χ2v) is 9.02. The Balaban J connectivity index is 1.72. The van der Waals surface area contributed by atoms with E-state index in [-0.39, 0.29) is 12.4 Å². The number of halogens is 3. The summed E-state index contributed by atoms with van der Waals surface area (Å²) in [6, 6.07) is 12.8. The van der Waals surface area contributed by atoms with Crippen LogP contribution in [0.2, 0.25) is 15.1 Å². The topological polar surface area (TPSA) is 79.3 Å². The molecule has 4 rings (SSSR count). The maximum atomic E-state index is 12.9. The van der Waals surface area contributed by atoms with E-state index in [0.717, 1.165) is 24.1 Å². The molecule has 0 amide bonds. The number of hydrogen-bond donors (Lipinski definition) is 1. The zero-order chi connectivity index (χ0) is 23.0. The average molecular weight is 489 g/mol. The zero-order valence-corrected chi connectivity index (χ0v) is 19.6. The first-order chi connectivity index (χ1) is 15.3. The Labute approximate surface area is 201 Å². The Bertz CT molecular complexity index is 1170. The van der Waals surface area contributed by atoms with E-state index in [2.05, 4.69) is 6.07 Å². The second kappa shape index (κ2) is 9.07. The van der Waals surface area contributed by atoms with Crippen LogP contribution in [0.4, 0.5) is 0 Å². The maximum absolute atomic E-state index is 12.9. The summed E-state index contributed by atoms with van der Waals surface area (Å²) in [6.45, 7) is 0.258. The van der Waals surface area contributed by atoms with Crippen LogP contribution in [0.25, 0.3) is 0 Å². The molecule has 0 saturated carbocycles. The summed E-state index contributed by atoms with van der Waals surface area (Å²) in [6.07, 6.45) is 1.91. The van der Waals surface area contributed by atoms with Crippen LogP contribution in [0, 0.1) is 11.3 Å². The minimum atomic E-state index is -0.612. The van der Waals surface area contributed by atoms with E-state index in [1.54, 1.807) is 36.2 Å². The standard InChI is InChI=1S/C24H20Cl3N3O2/c1-30-19-3-2-4-20(31)22(19)21(16(11-28)24(30)29)14-9-17(26)23(18(27)10-14)32-12-13-5-7-15(25)8-6-13/h5-10,21H,2-4,12,29H2,1H3/t21-/m0/s1. The molecular formula is C24H20Cl3N3O2. The Morgan fingerprint density at radius 3 is 2.44 bits per heavy atom. The summed E-state index contributed by atoms with van der Waals surface area (Å²) >= 11 is 19.0. The lowest BCUT2D eigenvalue weighted by atomic mass is 9.76. The highest BCUT2D eigenvalue weighted by Crippen LogP contribution is 2.46. The van der Waals surface area contributed by atoms with Crippen molar-refractivity contribution in [3.8, 4) is 11.8 Å². The first kappa shape index (κ1) is 22.5. The summed E-state index contributed by atoms with van der Waals surface area (Å²) in [7, 11) is 1.78. The van der Waals surface area contributed by atoms with E-state index in [0.29, 0.717) is 49.8 Å². The highest BCUT2D eigenvalue weighted by atomic mass is 35.5. The van der Waals surface area contributed by atoms with Crippen LogP contribution in [0.15, 0.2) is 59.1 Å². The van der Waals surface area contributed by atoms with Crippen molar-refractivity contribution >= 4 is 40.6 Å². The zero-order valence-electron chi connectivity index (χ0n) is 17.3. The highest BCUT2D eigenvalue weighted by Gasteiger charge is 2.39. The summed E-state index contributed by atoms with van der Waals surface area (Å²) in [5, 5.41) is 11.1. The molecular weight excluding hydrogens is 469 g/mol. The van der Waals surface area contributed by atoms with Crippen molar-refractivity contribution in [1.29, 1.82) is 5.26 Å². The van der Waals surface area contributed by atoms with Gasteiger partial charge in [0.1, 0.15) is 12.4 Å². The molecule has 164 valence electrons. The van der Waals surface area contributed by atoms with E-state index in [4.69, 9.17) is 45.3 Å². The first-order valence-corrected chi connectivity index (χ1v) is 11.2. The molecule has 0 bridgehead atoms. The van der Waals surface area contributed by atoms with Crippen molar-refractivity contribution in [3.05, 3.63) is 85.3 Å². The number of carbonyl (C=O) groups is 1. The summed E-state index contributed by atoms with van der Waals surface area (Å²) in [5.41, 5.74) is 9.56. The van der Waals surface area contributed by atoms with E-state index in [1.165, 1.54) is 0 Å². The first-order valence-electron chi connectivity index (χ1n) is 10.1. The Kier molecular flexibility index (Phi) is 6.39. The average Bonchev–Trinajstić information content (AvgIpc) is 2.77. The summed E-state index contributed by atoms with van der Waals surface area (Å²) in [4.78, 5) is 14.6. The van der Waals surface area contributed by atoms with E-state index in [1.807, 2.05) is 12.1 Å². The SMILES string of the molecule is CN1C(N)=C(C#N)[C@H](c2cc(Cl)c(OCc3ccc(Cl)cc3)c(Cl)c2)C2=C1CCCC2=O. The van der Waals surface area contributed by atoms with E-state index >= 15 is 0 Å². The van der Waals surface area contributed by atoms with Crippen molar-refractivity contribution in [1.82, 2.24) is 4.90 Å². The number of rotatable bonds is 4. The van der Waals surface area contributed by atoms with Crippen LogP contribution in [0.3, 0.4) is 0 Å². The van der Waals surface area contributed by atoms with Crippen molar-refractivity contribution in [3.63, 3.8) is 0 Å². The fourth-order valence-electron chi connectivity index (χ4n) is 4.22. The Morgan fingerprint density at radius 2 is 1.81 bits per heavy atom. The smallest absolute Gasteiger partial charge is 0.161 e. The van der Waals surface area contributed by atoms with Gasteiger partial charge in [0.05, 0.1) is 27.6 Å². The predicted molar refractivity (Wildman–Crippen MR) is 125 cm³/mol. The number of nitrogens with zero attached hydrogens (tertiary/aromatic N) is 2. The van der Waals surface area contributed by atoms with Gasteiger partial charge in [0.15, 0.2) is 11.5 Å². The van der Waals surface area contributed by atoms with Crippen molar-refractivity contribution in [2.24, 2.45) is 5.73 Å². The Hall–Kier alpha value is -2.65. The van der Waals surface area contributed by atoms with Gasteiger partial charge in [0, 0.05) is 29.8 Å². The van der Waals surface area contributed by atoms with Crippen LogP contribution in [0.5, 0.6) is 5.75 Å².